The molecule has 1 heterocycles. The Morgan fingerprint density at radius 2 is 1.96 bits per heavy atom. The molecule has 2 N–H and O–H groups in total. The molecule has 2 saturated carbocycles. The topological polar surface area (TPSA) is 62.2 Å². The largest absolute Gasteiger partial charge is 0.393 e. The summed E-state index contributed by atoms with van der Waals surface area (Å²) in [6.45, 7) is 0. The molecular formula is C22H28N2O2. The van der Waals surface area contributed by atoms with Crippen LogP contribution in [0.25, 0.3) is 10.9 Å². The van der Waals surface area contributed by atoms with E-state index in [0.29, 0.717) is 18.3 Å². The predicted octanol–water partition coefficient (Wildman–Crippen LogP) is 4.13. The minimum absolute atomic E-state index is 0.0494. The number of benzene rings is 1. The Morgan fingerprint density at radius 3 is 2.73 bits per heavy atom. The molecule has 0 spiro atoms. The van der Waals surface area contributed by atoms with Crippen LogP contribution in [0.5, 0.6) is 0 Å². The maximum atomic E-state index is 12.7. The lowest BCUT2D eigenvalue weighted by molar-refractivity contribution is -0.124. The van der Waals surface area contributed by atoms with Crippen molar-refractivity contribution >= 4 is 16.8 Å². The van der Waals surface area contributed by atoms with E-state index in [1.807, 2.05) is 24.4 Å². The maximum Gasteiger partial charge on any atom is 0.220 e. The van der Waals surface area contributed by atoms with Gasteiger partial charge in [-0.15, -0.1) is 0 Å². The van der Waals surface area contributed by atoms with Gasteiger partial charge in [-0.25, -0.2) is 0 Å². The standard InChI is InChI=1S/C22H28N2O2/c25-19-12-17(13-19)22(24-21(26)10-15-6-2-1-3-7-15)18-11-16-8-4-5-9-20(16)23-14-18/h4-5,8-9,11,14-15,17,19,22,25H,1-3,6-7,10,12-13H2,(H,24,26). The van der Waals surface area contributed by atoms with Crippen molar-refractivity contribution in [2.45, 2.75) is 63.5 Å². The normalized spacial score (nSPS) is 24.8. The van der Waals surface area contributed by atoms with Crippen LogP contribution in [0.1, 0.15) is 63.0 Å². The molecule has 1 atom stereocenters. The smallest absolute Gasteiger partial charge is 0.220 e. The van der Waals surface area contributed by atoms with Crippen LogP contribution >= 0.6 is 0 Å². The zero-order chi connectivity index (χ0) is 17.9. The number of para-hydroxylation sites is 1. The summed E-state index contributed by atoms with van der Waals surface area (Å²) in [5, 5.41) is 14.1. The third-order valence-corrected chi connectivity index (χ3v) is 6.11. The van der Waals surface area contributed by atoms with Crippen molar-refractivity contribution in [3.63, 3.8) is 0 Å². The van der Waals surface area contributed by atoms with Crippen molar-refractivity contribution in [3.8, 4) is 0 Å². The van der Waals surface area contributed by atoms with Crippen LogP contribution in [0.3, 0.4) is 0 Å². The van der Waals surface area contributed by atoms with Gasteiger partial charge in [0.1, 0.15) is 0 Å². The molecule has 0 bridgehead atoms. The summed E-state index contributed by atoms with van der Waals surface area (Å²) in [4.78, 5) is 17.3. The van der Waals surface area contributed by atoms with Gasteiger partial charge >= 0.3 is 0 Å². The molecule has 0 radical (unpaired) electrons. The van der Waals surface area contributed by atoms with Crippen molar-refractivity contribution in [1.29, 1.82) is 0 Å². The van der Waals surface area contributed by atoms with Gasteiger partial charge < -0.3 is 10.4 Å². The Bertz CT molecular complexity index is 764. The van der Waals surface area contributed by atoms with Crippen LogP contribution < -0.4 is 5.32 Å². The van der Waals surface area contributed by atoms with Crippen molar-refractivity contribution in [3.05, 3.63) is 42.1 Å². The van der Waals surface area contributed by atoms with Crippen LogP contribution in [0.2, 0.25) is 0 Å². The number of rotatable bonds is 5. The molecule has 1 aromatic heterocycles. The molecule has 4 nitrogen and oxygen atoms in total. The van der Waals surface area contributed by atoms with E-state index >= 15 is 0 Å². The van der Waals surface area contributed by atoms with E-state index < -0.39 is 0 Å². The van der Waals surface area contributed by atoms with Crippen LogP contribution in [0.15, 0.2) is 36.5 Å². The first-order valence-electron chi connectivity index (χ1n) is 10.0. The summed E-state index contributed by atoms with van der Waals surface area (Å²) < 4.78 is 0. The van der Waals surface area contributed by atoms with Gasteiger partial charge in [0.05, 0.1) is 17.7 Å². The molecule has 26 heavy (non-hydrogen) atoms. The summed E-state index contributed by atoms with van der Waals surface area (Å²) >= 11 is 0. The quantitative estimate of drug-likeness (QED) is 0.850. The number of hydrogen-bond donors (Lipinski definition) is 2. The van der Waals surface area contributed by atoms with Crippen LogP contribution in [-0.4, -0.2) is 22.1 Å². The Kier molecular flexibility index (Phi) is 5.21. The van der Waals surface area contributed by atoms with E-state index in [1.54, 1.807) is 0 Å². The molecule has 2 aliphatic rings. The molecule has 2 aromatic rings. The average molecular weight is 352 g/mol. The summed E-state index contributed by atoms with van der Waals surface area (Å²) in [5.74, 6) is 0.978. The van der Waals surface area contributed by atoms with Crippen molar-refractivity contribution in [2.24, 2.45) is 11.8 Å². The maximum absolute atomic E-state index is 12.7. The number of aromatic nitrogens is 1. The van der Waals surface area contributed by atoms with Gasteiger partial charge in [0, 0.05) is 18.0 Å². The van der Waals surface area contributed by atoms with Crippen LogP contribution in [-0.2, 0) is 4.79 Å². The lowest BCUT2D eigenvalue weighted by atomic mass is 9.75. The molecule has 1 aromatic carbocycles. The molecule has 0 saturated heterocycles. The van der Waals surface area contributed by atoms with Gasteiger partial charge in [0.25, 0.3) is 0 Å². The molecule has 2 aliphatic carbocycles. The third-order valence-electron chi connectivity index (χ3n) is 6.11. The zero-order valence-electron chi connectivity index (χ0n) is 15.2. The van der Waals surface area contributed by atoms with Crippen molar-refractivity contribution in [2.75, 3.05) is 0 Å². The number of hydrogen-bond acceptors (Lipinski definition) is 3. The monoisotopic (exact) mass is 352 g/mol. The number of fused-ring (bicyclic) bond motifs is 1. The number of pyridine rings is 1. The number of amides is 1. The highest BCUT2D eigenvalue weighted by Crippen LogP contribution is 2.38. The molecule has 0 aliphatic heterocycles. The third kappa shape index (κ3) is 3.90. The SMILES string of the molecule is O=C(CC1CCCCC1)NC(c1cnc2ccccc2c1)C1CC(O)C1. The summed E-state index contributed by atoms with van der Waals surface area (Å²) in [6.07, 6.45) is 9.97. The highest BCUT2D eigenvalue weighted by Gasteiger charge is 2.36. The lowest BCUT2D eigenvalue weighted by Crippen LogP contribution is -2.41. The summed E-state index contributed by atoms with van der Waals surface area (Å²) in [6, 6.07) is 10.1. The molecule has 138 valence electrons. The minimum atomic E-state index is -0.230. The van der Waals surface area contributed by atoms with E-state index in [-0.39, 0.29) is 18.1 Å². The first kappa shape index (κ1) is 17.5. The van der Waals surface area contributed by atoms with Gasteiger partial charge in [0.15, 0.2) is 0 Å². The van der Waals surface area contributed by atoms with Gasteiger partial charge in [-0.05, 0) is 55.2 Å². The molecular weight excluding hydrogens is 324 g/mol. The van der Waals surface area contributed by atoms with Gasteiger partial charge in [0.2, 0.25) is 5.91 Å². The predicted molar refractivity (Wildman–Crippen MR) is 103 cm³/mol. The highest BCUT2D eigenvalue weighted by molar-refractivity contribution is 5.80. The van der Waals surface area contributed by atoms with E-state index in [9.17, 15) is 9.90 Å². The molecule has 4 rings (SSSR count). The Balaban J connectivity index is 1.50. The van der Waals surface area contributed by atoms with Gasteiger partial charge in [-0.2, -0.15) is 0 Å². The van der Waals surface area contributed by atoms with Crippen LogP contribution in [0.4, 0.5) is 0 Å². The Hall–Kier alpha value is -1.94. The fourth-order valence-electron chi connectivity index (χ4n) is 4.52. The molecule has 1 amide bonds. The number of aliphatic hydroxyl groups is 1. The molecule has 1 unspecified atom stereocenters. The number of aliphatic hydroxyl groups excluding tert-OH is 1. The van der Waals surface area contributed by atoms with Crippen LogP contribution in [0, 0.1) is 11.8 Å². The van der Waals surface area contributed by atoms with E-state index in [4.69, 9.17) is 0 Å². The Labute approximate surface area is 155 Å². The second-order valence-electron chi connectivity index (χ2n) is 8.10. The molecule has 4 heteroatoms. The fraction of sp³-hybridized carbons (Fsp3) is 0.545. The first-order valence-corrected chi connectivity index (χ1v) is 10.0. The Morgan fingerprint density at radius 1 is 1.19 bits per heavy atom. The summed E-state index contributed by atoms with van der Waals surface area (Å²) in [7, 11) is 0. The van der Waals surface area contributed by atoms with Crippen molar-refractivity contribution < 1.29 is 9.90 Å². The van der Waals surface area contributed by atoms with Gasteiger partial charge in [-0.3, -0.25) is 9.78 Å². The number of carbonyl (C=O) groups excluding carboxylic acids is 1. The average Bonchev–Trinajstić information content (AvgIpc) is 2.64. The molecule has 2 fully saturated rings. The van der Waals surface area contributed by atoms with E-state index in [1.165, 1.54) is 32.1 Å². The van der Waals surface area contributed by atoms with E-state index in [2.05, 4.69) is 22.4 Å². The lowest BCUT2D eigenvalue weighted by Gasteiger charge is -2.38. The zero-order valence-corrected chi connectivity index (χ0v) is 15.2. The number of nitrogens with zero attached hydrogens (tertiary/aromatic N) is 1. The summed E-state index contributed by atoms with van der Waals surface area (Å²) in [5.41, 5.74) is 2.02. The van der Waals surface area contributed by atoms with Gasteiger partial charge in [-0.1, -0.05) is 37.5 Å². The minimum Gasteiger partial charge on any atom is -0.393 e. The van der Waals surface area contributed by atoms with E-state index in [0.717, 1.165) is 29.3 Å². The second-order valence-corrected chi connectivity index (χ2v) is 8.10. The fourth-order valence-corrected chi connectivity index (χ4v) is 4.52. The van der Waals surface area contributed by atoms with Crippen molar-refractivity contribution in [1.82, 2.24) is 10.3 Å². The first-order chi connectivity index (χ1) is 12.7. The second kappa shape index (κ2) is 7.75. The number of nitrogens with one attached hydrogen (secondary N) is 1. The number of carbonyl (C=O) groups is 1. The highest BCUT2D eigenvalue weighted by atomic mass is 16.3.